The van der Waals surface area contributed by atoms with Gasteiger partial charge in [0.1, 0.15) is 17.5 Å². The normalized spacial score (nSPS) is 17.4. The predicted molar refractivity (Wildman–Crippen MR) is 104 cm³/mol. The molecule has 1 saturated heterocycles. The summed E-state index contributed by atoms with van der Waals surface area (Å²) >= 11 is 0. The van der Waals surface area contributed by atoms with Crippen LogP contribution in [0.15, 0.2) is 24.3 Å². The average Bonchev–Trinajstić information content (AvgIpc) is 3.07. The molecule has 3 rings (SSSR count). The number of benzene rings is 1. The number of rotatable bonds is 4. The van der Waals surface area contributed by atoms with E-state index < -0.39 is 24.3 Å². The number of ether oxygens (including phenoxy) is 1. The van der Waals surface area contributed by atoms with Gasteiger partial charge in [0, 0.05) is 5.46 Å². The Labute approximate surface area is 164 Å². The van der Waals surface area contributed by atoms with E-state index in [0.29, 0.717) is 11.2 Å². The molecule has 146 valence electrons. The molecule has 2 heterocycles. The van der Waals surface area contributed by atoms with E-state index in [-0.39, 0.29) is 23.7 Å². The SMILES string of the molecule is CCOC(=O)c1nn(-c2ccccc2B2OC(C)(C)C(C)(C)O2)c(N)c1C#N. The molecule has 28 heavy (non-hydrogen) atoms. The highest BCUT2D eigenvalue weighted by molar-refractivity contribution is 6.63. The van der Waals surface area contributed by atoms with E-state index in [2.05, 4.69) is 5.10 Å². The summed E-state index contributed by atoms with van der Waals surface area (Å²) in [5.74, 6) is -0.646. The topological polar surface area (TPSA) is 112 Å². The summed E-state index contributed by atoms with van der Waals surface area (Å²) in [4.78, 5) is 12.2. The summed E-state index contributed by atoms with van der Waals surface area (Å²) in [5.41, 5.74) is 6.21. The van der Waals surface area contributed by atoms with Gasteiger partial charge in [-0.2, -0.15) is 10.4 Å². The summed E-state index contributed by atoms with van der Waals surface area (Å²) in [5, 5.41) is 13.7. The number of hydrogen-bond acceptors (Lipinski definition) is 7. The zero-order valence-corrected chi connectivity index (χ0v) is 16.6. The third kappa shape index (κ3) is 3.15. The highest BCUT2D eigenvalue weighted by Crippen LogP contribution is 2.37. The van der Waals surface area contributed by atoms with E-state index in [1.165, 1.54) is 4.68 Å². The summed E-state index contributed by atoms with van der Waals surface area (Å²) < 4.78 is 18.6. The van der Waals surface area contributed by atoms with Crippen LogP contribution >= 0.6 is 0 Å². The van der Waals surface area contributed by atoms with Gasteiger partial charge in [-0.3, -0.25) is 0 Å². The van der Waals surface area contributed by atoms with Crippen molar-refractivity contribution in [1.82, 2.24) is 9.78 Å². The second-order valence-electron chi connectivity index (χ2n) is 7.50. The number of nitriles is 1. The number of aromatic nitrogens is 2. The fraction of sp³-hybridized carbons (Fsp3) is 0.421. The van der Waals surface area contributed by atoms with Gasteiger partial charge < -0.3 is 19.8 Å². The molecule has 2 N–H and O–H groups in total. The number of nitrogen functional groups attached to an aromatic ring is 1. The highest BCUT2D eigenvalue weighted by Gasteiger charge is 2.52. The van der Waals surface area contributed by atoms with Crippen LogP contribution in [0, 0.1) is 11.3 Å². The summed E-state index contributed by atoms with van der Waals surface area (Å²) in [6.45, 7) is 9.70. The van der Waals surface area contributed by atoms with Crippen molar-refractivity contribution in [1.29, 1.82) is 5.26 Å². The van der Waals surface area contributed by atoms with Gasteiger partial charge in [-0.25, -0.2) is 9.48 Å². The second kappa shape index (κ2) is 6.97. The molecule has 2 aromatic rings. The third-order valence-corrected chi connectivity index (χ3v) is 5.17. The van der Waals surface area contributed by atoms with Crippen molar-refractivity contribution in [3.05, 3.63) is 35.5 Å². The Bertz CT molecular complexity index is 945. The first-order valence-corrected chi connectivity index (χ1v) is 9.03. The van der Waals surface area contributed by atoms with Crippen molar-refractivity contribution in [2.45, 2.75) is 45.8 Å². The van der Waals surface area contributed by atoms with Crippen LogP contribution < -0.4 is 11.2 Å². The van der Waals surface area contributed by atoms with E-state index in [1.54, 1.807) is 19.1 Å². The maximum absolute atomic E-state index is 12.2. The molecule has 0 spiro atoms. The van der Waals surface area contributed by atoms with E-state index in [9.17, 15) is 10.1 Å². The van der Waals surface area contributed by atoms with Crippen LogP contribution in [0.25, 0.3) is 5.69 Å². The van der Waals surface area contributed by atoms with Gasteiger partial charge in [0.2, 0.25) is 0 Å². The van der Waals surface area contributed by atoms with Gasteiger partial charge >= 0.3 is 13.1 Å². The van der Waals surface area contributed by atoms with Crippen LogP contribution in [-0.2, 0) is 14.0 Å². The Balaban J connectivity index is 2.10. The van der Waals surface area contributed by atoms with Gasteiger partial charge in [-0.05, 0) is 40.7 Å². The van der Waals surface area contributed by atoms with Crippen molar-refractivity contribution < 1.29 is 18.8 Å². The summed E-state index contributed by atoms with van der Waals surface area (Å²) in [7, 11) is -0.652. The monoisotopic (exact) mass is 382 g/mol. The number of hydrogen-bond donors (Lipinski definition) is 1. The molecule has 1 aromatic heterocycles. The smallest absolute Gasteiger partial charge is 0.461 e. The van der Waals surface area contributed by atoms with Crippen LogP contribution in [0.5, 0.6) is 0 Å². The largest absolute Gasteiger partial charge is 0.497 e. The molecule has 0 aliphatic carbocycles. The van der Waals surface area contributed by atoms with Gasteiger partial charge in [0.15, 0.2) is 5.69 Å². The van der Waals surface area contributed by atoms with Gasteiger partial charge in [0.25, 0.3) is 0 Å². The average molecular weight is 382 g/mol. The second-order valence-corrected chi connectivity index (χ2v) is 7.50. The number of carbonyl (C=O) groups excluding carboxylic acids is 1. The molecule has 0 unspecified atom stereocenters. The molecule has 1 aromatic carbocycles. The lowest BCUT2D eigenvalue weighted by Gasteiger charge is -2.32. The lowest BCUT2D eigenvalue weighted by molar-refractivity contribution is 0.00578. The van der Waals surface area contributed by atoms with Crippen molar-refractivity contribution in [2.75, 3.05) is 12.3 Å². The number of nitrogens with two attached hydrogens (primary N) is 1. The first kappa shape index (κ1) is 19.9. The van der Waals surface area contributed by atoms with E-state index in [4.69, 9.17) is 19.8 Å². The molecule has 9 heteroatoms. The fourth-order valence-corrected chi connectivity index (χ4v) is 2.92. The van der Waals surface area contributed by atoms with Crippen molar-refractivity contribution in [3.63, 3.8) is 0 Å². The van der Waals surface area contributed by atoms with Crippen LogP contribution in [0.2, 0.25) is 0 Å². The van der Waals surface area contributed by atoms with Gasteiger partial charge in [0.05, 0.1) is 23.5 Å². The molecule has 0 atom stereocenters. The standard InChI is InChI=1S/C19H23BN4O4/c1-6-26-17(25)15-12(11-21)16(22)24(23-15)14-10-8-7-9-13(14)20-27-18(2,3)19(4,5)28-20/h7-10H,6,22H2,1-5H3. The Morgan fingerprint density at radius 2 is 1.89 bits per heavy atom. The minimum atomic E-state index is -0.697. The molecular formula is C19H23BN4O4. The number of para-hydroxylation sites is 1. The van der Waals surface area contributed by atoms with Crippen LogP contribution in [0.1, 0.15) is 50.7 Å². The number of esters is 1. The molecular weight excluding hydrogens is 359 g/mol. The molecule has 8 nitrogen and oxygen atoms in total. The Kier molecular flexibility index (Phi) is 4.96. The van der Waals surface area contributed by atoms with Gasteiger partial charge in [-0.15, -0.1) is 0 Å². The van der Waals surface area contributed by atoms with Crippen LogP contribution in [-0.4, -0.2) is 40.7 Å². The van der Waals surface area contributed by atoms with Crippen molar-refractivity contribution >= 4 is 24.4 Å². The molecule has 0 bridgehead atoms. The van der Waals surface area contributed by atoms with Crippen LogP contribution in [0.3, 0.4) is 0 Å². The Morgan fingerprint density at radius 1 is 1.29 bits per heavy atom. The van der Waals surface area contributed by atoms with E-state index in [0.717, 1.165) is 0 Å². The van der Waals surface area contributed by atoms with Crippen LogP contribution in [0.4, 0.5) is 5.82 Å². The number of nitrogens with zero attached hydrogens (tertiary/aromatic N) is 3. The predicted octanol–water partition coefficient (Wildman–Crippen LogP) is 1.80. The lowest BCUT2D eigenvalue weighted by Crippen LogP contribution is -2.41. The molecule has 0 amide bonds. The summed E-state index contributed by atoms with van der Waals surface area (Å²) in [6, 6.07) is 9.21. The molecule has 1 aliphatic rings. The first-order chi connectivity index (χ1) is 13.1. The fourth-order valence-electron chi connectivity index (χ4n) is 2.92. The zero-order chi connectivity index (χ0) is 20.7. The molecule has 0 saturated carbocycles. The van der Waals surface area contributed by atoms with E-state index in [1.807, 2.05) is 45.9 Å². The molecule has 1 aliphatic heterocycles. The first-order valence-electron chi connectivity index (χ1n) is 9.03. The van der Waals surface area contributed by atoms with Gasteiger partial charge in [-0.1, -0.05) is 18.2 Å². The minimum absolute atomic E-state index is 0.0258. The molecule has 0 radical (unpaired) electrons. The quantitative estimate of drug-likeness (QED) is 0.634. The lowest BCUT2D eigenvalue weighted by atomic mass is 9.78. The van der Waals surface area contributed by atoms with Crippen molar-refractivity contribution in [3.8, 4) is 11.8 Å². The van der Waals surface area contributed by atoms with E-state index >= 15 is 0 Å². The maximum Gasteiger partial charge on any atom is 0.497 e. The highest BCUT2D eigenvalue weighted by atomic mass is 16.7. The Hall–Kier alpha value is -2.83. The Morgan fingerprint density at radius 3 is 2.46 bits per heavy atom. The maximum atomic E-state index is 12.2. The summed E-state index contributed by atoms with van der Waals surface area (Å²) in [6.07, 6.45) is 0. The third-order valence-electron chi connectivity index (χ3n) is 5.17. The zero-order valence-electron chi connectivity index (χ0n) is 16.6. The number of carbonyl (C=O) groups is 1. The number of anilines is 1. The molecule has 1 fully saturated rings. The minimum Gasteiger partial charge on any atom is -0.461 e. The van der Waals surface area contributed by atoms with Crippen molar-refractivity contribution in [2.24, 2.45) is 0 Å².